The second-order valence-corrected chi connectivity index (χ2v) is 6.37. The summed E-state index contributed by atoms with van der Waals surface area (Å²) in [6.07, 6.45) is 1.44. The summed E-state index contributed by atoms with van der Waals surface area (Å²) >= 11 is 0. The summed E-state index contributed by atoms with van der Waals surface area (Å²) in [5, 5.41) is 16.0. The van der Waals surface area contributed by atoms with Gasteiger partial charge in [-0.05, 0) is 34.7 Å². The molecule has 0 heterocycles. The summed E-state index contributed by atoms with van der Waals surface area (Å²) in [6.45, 7) is 0. The zero-order valence-electron chi connectivity index (χ0n) is 15.0. The number of carbonyl (C=O) groups is 1. The summed E-state index contributed by atoms with van der Waals surface area (Å²) < 4.78 is 0. The molecule has 0 radical (unpaired) electrons. The fraction of sp³-hybridized carbons (Fsp3) is 0. The molecule has 4 nitrogen and oxygen atoms in total. The highest BCUT2D eigenvalue weighted by Gasteiger charge is 2.06. The van der Waals surface area contributed by atoms with Crippen LogP contribution in [0.3, 0.4) is 0 Å². The molecule has 4 aromatic rings. The molecule has 0 spiro atoms. The Kier molecular flexibility index (Phi) is 4.85. The summed E-state index contributed by atoms with van der Waals surface area (Å²) in [5.74, 6) is -0.167. The Labute approximate surface area is 162 Å². The number of rotatable bonds is 4. The van der Waals surface area contributed by atoms with E-state index in [1.807, 2.05) is 72.8 Å². The molecule has 4 heteroatoms. The molecule has 136 valence electrons. The number of amides is 1. The molecule has 4 rings (SSSR count). The van der Waals surface area contributed by atoms with Crippen LogP contribution in [0.25, 0.3) is 21.9 Å². The minimum absolute atomic E-state index is 0.142. The van der Waals surface area contributed by atoms with Gasteiger partial charge in [-0.25, -0.2) is 5.43 Å². The predicted octanol–water partition coefficient (Wildman–Crippen LogP) is 4.98. The van der Waals surface area contributed by atoms with E-state index in [9.17, 15) is 9.90 Å². The Balaban J connectivity index is 1.46. The highest BCUT2D eigenvalue weighted by molar-refractivity contribution is 5.98. The maximum atomic E-state index is 12.3. The number of hydrazone groups is 1. The first kappa shape index (κ1) is 17.5. The molecule has 0 aromatic heterocycles. The zero-order chi connectivity index (χ0) is 19.3. The van der Waals surface area contributed by atoms with Gasteiger partial charge in [-0.1, -0.05) is 72.8 Å². The molecule has 0 fully saturated rings. The molecule has 0 atom stereocenters. The average molecular weight is 366 g/mol. The van der Waals surface area contributed by atoms with Crippen LogP contribution in [0.2, 0.25) is 0 Å². The van der Waals surface area contributed by atoms with E-state index in [-0.39, 0.29) is 11.7 Å². The number of fused-ring (bicyclic) bond motifs is 1. The van der Waals surface area contributed by atoms with Gasteiger partial charge in [0, 0.05) is 16.5 Å². The fourth-order valence-electron chi connectivity index (χ4n) is 3.05. The van der Waals surface area contributed by atoms with Gasteiger partial charge in [0.25, 0.3) is 5.91 Å². The standard InChI is InChI=1S/C24H18N2O2/c27-23-21(15-12-19-8-4-5-9-22(19)23)16-25-26-24(28)20-13-10-18(11-14-20)17-6-2-1-3-7-17/h1-16,27H,(H,26,28). The SMILES string of the molecule is O=C(NN=Cc1ccc2ccccc2c1O)c1ccc(-c2ccccc2)cc1. The third-order valence-electron chi connectivity index (χ3n) is 4.56. The van der Waals surface area contributed by atoms with Crippen molar-refractivity contribution < 1.29 is 9.90 Å². The Bertz CT molecular complexity index is 1150. The monoisotopic (exact) mass is 366 g/mol. The lowest BCUT2D eigenvalue weighted by molar-refractivity contribution is 0.0955. The van der Waals surface area contributed by atoms with Crippen molar-refractivity contribution in [2.45, 2.75) is 0 Å². The van der Waals surface area contributed by atoms with Crippen LogP contribution in [0, 0.1) is 0 Å². The smallest absolute Gasteiger partial charge is 0.271 e. The van der Waals surface area contributed by atoms with E-state index in [4.69, 9.17) is 0 Å². The fourth-order valence-corrected chi connectivity index (χ4v) is 3.05. The first-order valence-corrected chi connectivity index (χ1v) is 8.92. The number of hydrogen-bond donors (Lipinski definition) is 2. The number of phenolic OH excluding ortho intramolecular Hbond substituents is 1. The van der Waals surface area contributed by atoms with E-state index in [0.29, 0.717) is 11.1 Å². The number of phenols is 1. The Morgan fingerprint density at radius 2 is 1.46 bits per heavy atom. The van der Waals surface area contributed by atoms with Crippen LogP contribution in [-0.4, -0.2) is 17.2 Å². The van der Waals surface area contributed by atoms with Crippen LogP contribution in [0.5, 0.6) is 5.75 Å². The van der Waals surface area contributed by atoms with Crippen molar-refractivity contribution in [3.8, 4) is 16.9 Å². The van der Waals surface area contributed by atoms with Crippen molar-refractivity contribution in [1.82, 2.24) is 5.43 Å². The van der Waals surface area contributed by atoms with Crippen LogP contribution in [-0.2, 0) is 0 Å². The van der Waals surface area contributed by atoms with Crippen LogP contribution < -0.4 is 5.43 Å². The topological polar surface area (TPSA) is 61.7 Å². The van der Waals surface area contributed by atoms with Crippen LogP contribution >= 0.6 is 0 Å². The number of benzene rings is 4. The predicted molar refractivity (Wildman–Crippen MR) is 113 cm³/mol. The first-order valence-electron chi connectivity index (χ1n) is 8.92. The van der Waals surface area contributed by atoms with E-state index in [1.54, 1.807) is 18.2 Å². The molecule has 2 N–H and O–H groups in total. The van der Waals surface area contributed by atoms with Crippen molar-refractivity contribution in [2.75, 3.05) is 0 Å². The van der Waals surface area contributed by atoms with Crippen LogP contribution in [0.15, 0.2) is 96.1 Å². The molecule has 28 heavy (non-hydrogen) atoms. The third kappa shape index (κ3) is 3.62. The van der Waals surface area contributed by atoms with Gasteiger partial charge in [-0.3, -0.25) is 4.79 Å². The Morgan fingerprint density at radius 1 is 0.786 bits per heavy atom. The van der Waals surface area contributed by atoms with E-state index < -0.39 is 0 Å². The molecule has 0 aliphatic rings. The largest absolute Gasteiger partial charge is 0.507 e. The minimum Gasteiger partial charge on any atom is -0.507 e. The molecular formula is C24H18N2O2. The molecule has 0 unspecified atom stereocenters. The van der Waals surface area contributed by atoms with Crippen molar-refractivity contribution >= 4 is 22.9 Å². The van der Waals surface area contributed by atoms with E-state index >= 15 is 0 Å². The first-order chi connectivity index (χ1) is 13.7. The van der Waals surface area contributed by atoms with Gasteiger partial charge in [0.15, 0.2) is 0 Å². The lowest BCUT2D eigenvalue weighted by Crippen LogP contribution is -2.17. The summed E-state index contributed by atoms with van der Waals surface area (Å²) in [5.41, 5.74) is 5.69. The normalized spacial score (nSPS) is 11.0. The Hall–Kier alpha value is -3.92. The molecule has 4 aromatic carbocycles. The molecule has 1 amide bonds. The second kappa shape index (κ2) is 7.76. The number of carbonyl (C=O) groups excluding carboxylic acids is 1. The highest BCUT2D eigenvalue weighted by atomic mass is 16.3. The number of nitrogens with zero attached hydrogens (tertiary/aromatic N) is 1. The van der Waals surface area contributed by atoms with Crippen molar-refractivity contribution in [3.05, 3.63) is 102 Å². The number of aromatic hydroxyl groups is 1. The van der Waals surface area contributed by atoms with Gasteiger partial charge in [0.05, 0.1) is 6.21 Å². The van der Waals surface area contributed by atoms with Crippen LogP contribution in [0.1, 0.15) is 15.9 Å². The van der Waals surface area contributed by atoms with E-state index in [1.165, 1.54) is 6.21 Å². The Morgan fingerprint density at radius 3 is 2.25 bits per heavy atom. The number of hydrogen-bond acceptors (Lipinski definition) is 3. The zero-order valence-corrected chi connectivity index (χ0v) is 15.0. The van der Waals surface area contributed by atoms with Crippen molar-refractivity contribution in [2.24, 2.45) is 5.10 Å². The van der Waals surface area contributed by atoms with E-state index in [0.717, 1.165) is 21.9 Å². The van der Waals surface area contributed by atoms with Gasteiger partial charge in [0.2, 0.25) is 0 Å². The molecular weight excluding hydrogens is 348 g/mol. The van der Waals surface area contributed by atoms with Crippen LogP contribution in [0.4, 0.5) is 0 Å². The molecule has 0 aliphatic carbocycles. The minimum atomic E-state index is -0.309. The van der Waals surface area contributed by atoms with Gasteiger partial charge in [-0.15, -0.1) is 0 Å². The quantitative estimate of drug-likeness (QED) is 0.395. The maximum absolute atomic E-state index is 12.3. The lowest BCUT2D eigenvalue weighted by Gasteiger charge is -2.05. The van der Waals surface area contributed by atoms with Gasteiger partial charge in [-0.2, -0.15) is 5.10 Å². The average Bonchev–Trinajstić information content (AvgIpc) is 2.76. The molecule has 0 saturated carbocycles. The van der Waals surface area contributed by atoms with E-state index in [2.05, 4.69) is 10.5 Å². The van der Waals surface area contributed by atoms with Gasteiger partial charge >= 0.3 is 0 Å². The second-order valence-electron chi connectivity index (χ2n) is 6.37. The van der Waals surface area contributed by atoms with Gasteiger partial charge in [0.1, 0.15) is 5.75 Å². The van der Waals surface area contributed by atoms with Crippen molar-refractivity contribution in [3.63, 3.8) is 0 Å². The maximum Gasteiger partial charge on any atom is 0.271 e. The lowest BCUT2D eigenvalue weighted by atomic mass is 10.0. The molecule has 0 bridgehead atoms. The highest BCUT2D eigenvalue weighted by Crippen LogP contribution is 2.27. The molecule has 0 saturated heterocycles. The summed E-state index contributed by atoms with van der Waals surface area (Å²) in [7, 11) is 0. The van der Waals surface area contributed by atoms with Gasteiger partial charge < -0.3 is 5.11 Å². The third-order valence-corrected chi connectivity index (χ3v) is 4.56. The summed E-state index contributed by atoms with van der Waals surface area (Å²) in [4.78, 5) is 12.3. The summed E-state index contributed by atoms with van der Waals surface area (Å²) in [6, 6.07) is 28.5. The molecule has 0 aliphatic heterocycles. The number of nitrogens with one attached hydrogen (secondary N) is 1. The van der Waals surface area contributed by atoms with Crippen molar-refractivity contribution in [1.29, 1.82) is 0 Å².